The summed E-state index contributed by atoms with van der Waals surface area (Å²) in [5.74, 6) is 0. The molecule has 0 N–H and O–H groups in total. The van der Waals surface area contributed by atoms with Crippen LogP contribution in [0.2, 0.25) is 0 Å². The number of hydrogen-bond donors (Lipinski definition) is 0. The molecule has 0 rings (SSSR count). The molecule has 2 unspecified atom stereocenters. The van der Waals surface area contributed by atoms with Gasteiger partial charge in [0.1, 0.15) is 0 Å². The molecular formula is C12H20N2O2S. The maximum absolute atomic E-state index is 12.3. The monoisotopic (exact) mass is 256 g/mol. The molecule has 17 heavy (non-hydrogen) atoms. The van der Waals surface area contributed by atoms with E-state index in [1.54, 1.807) is 0 Å². The molecule has 0 aromatic carbocycles. The third-order valence-electron chi connectivity index (χ3n) is 2.79. The van der Waals surface area contributed by atoms with E-state index in [1.165, 1.54) is 0 Å². The smallest absolute Gasteiger partial charge is 0.158 e. The van der Waals surface area contributed by atoms with Crippen LogP contribution in [-0.2, 0) is 9.84 Å². The molecule has 0 aromatic rings. The van der Waals surface area contributed by atoms with Gasteiger partial charge in [-0.05, 0) is 12.8 Å². The van der Waals surface area contributed by atoms with Crippen molar-refractivity contribution in [2.75, 3.05) is 0 Å². The standard InChI is InChI=1S/C12H20N2O2S/c1-3-5-11(7-9-13)17(15,16)12(6-4-2)8-10-14/h11-12H,3-8H2,1-2H3. The van der Waals surface area contributed by atoms with Crippen LogP contribution in [0.25, 0.3) is 0 Å². The lowest BCUT2D eigenvalue weighted by atomic mass is 10.2. The summed E-state index contributed by atoms with van der Waals surface area (Å²) in [6, 6.07) is 3.87. The summed E-state index contributed by atoms with van der Waals surface area (Å²) < 4.78 is 24.6. The normalized spacial score (nSPS) is 14.6. The maximum atomic E-state index is 12.3. The molecule has 0 saturated carbocycles. The first-order chi connectivity index (χ1) is 8.04. The molecule has 2 atom stereocenters. The minimum atomic E-state index is -3.36. The highest BCUT2D eigenvalue weighted by Crippen LogP contribution is 2.22. The average molecular weight is 256 g/mol. The number of nitrogens with zero attached hydrogens (tertiary/aromatic N) is 2. The van der Waals surface area contributed by atoms with Crippen LogP contribution >= 0.6 is 0 Å². The first kappa shape index (κ1) is 15.9. The SMILES string of the molecule is CCCC(CC#N)S(=O)(=O)C(CC#N)CCC. The fraction of sp³-hybridized carbons (Fsp3) is 0.833. The lowest BCUT2D eigenvalue weighted by molar-refractivity contribution is 0.545. The van der Waals surface area contributed by atoms with E-state index in [-0.39, 0.29) is 12.8 Å². The Hall–Kier alpha value is -1.07. The summed E-state index contributed by atoms with van der Waals surface area (Å²) in [5.41, 5.74) is 0. The van der Waals surface area contributed by atoms with Gasteiger partial charge >= 0.3 is 0 Å². The van der Waals surface area contributed by atoms with Crippen molar-refractivity contribution in [2.24, 2.45) is 0 Å². The minimum absolute atomic E-state index is 0.0296. The number of hydrogen-bond acceptors (Lipinski definition) is 4. The zero-order valence-corrected chi connectivity index (χ0v) is 11.3. The molecule has 0 aromatic heterocycles. The summed E-state index contributed by atoms with van der Waals surface area (Å²) in [4.78, 5) is 0. The fourth-order valence-corrected chi connectivity index (χ4v) is 4.17. The fourth-order valence-electron chi connectivity index (χ4n) is 1.88. The second kappa shape index (κ2) is 8.08. The topological polar surface area (TPSA) is 81.7 Å². The van der Waals surface area contributed by atoms with Gasteiger partial charge in [-0.15, -0.1) is 0 Å². The third kappa shape index (κ3) is 4.75. The molecule has 0 aliphatic carbocycles. The Morgan fingerprint density at radius 1 is 0.941 bits per heavy atom. The van der Waals surface area contributed by atoms with E-state index in [1.807, 2.05) is 26.0 Å². The van der Waals surface area contributed by atoms with Gasteiger partial charge in [-0.1, -0.05) is 26.7 Å². The molecule has 5 heteroatoms. The van der Waals surface area contributed by atoms with Crippen molar-refractivity contribution in [3.63, 3.8) is 0 Å². The Kier molecular flexibility index (Phi) is 7.58. The van der Waals surface area contributed by atoms with Gasteiger partial charge in [0, 0.05) is 0 Å². The van der Waals surface area contributed by atoms with Crippen LogP contribution in [0.3, 0.4) is 0 Å². The predicted molar refractivity (Wildman–Crippen MR) is 66.8 cm³/mol. The molecule has 0 aliphatic rings. The molecule has 0 heterocycles. The van der Waals surface area contributed by atoms with Crippen LogP contribution in [0.4, 0.5) is 0 Å². The van der Waals surface area contributed by atoms with E-state index < -0.39 is 20.3 Å². The van der Waals surface area contributed by atoms with Crippen molar-refractivity contribution < 1.29 is 8.42 Å². The van der Waals surface area contributed by atoms with Gasteiger partial charge in [0.15, 0.2) is 9.84 Å². The van der Waals surface area contributed by atoms with E-state index in [2.05, 4.69) is 0 Å². The minimum Gasteiger partial charge on any atom is -0.228 e. The third-order valence-corrected chi connectivity index (χ3v) is 5.45. The Morgan fingerprint density at radius 2 is 1.29 bits per heavy atom. The molecule has 0 aliphatic heterocycles. The van der Waals surface area contributed by atoms with Crippen LogP contribution in [0.5, 0.6) is 0 Å². The molecule has 0 saturated heterocycles. The summed E-state index contributed by atoms with van der Waals surface area (Å²) in [7, 11) is -3.36. The van der Waals surface area contributed by atoms with Crippen LogP contribution < -0.4 is 0 Å². The van der Waals surface area contributed by atoms with Crippen LogP contribution in [0, 0.1) is 22.7 Å². The van der Waals surface area contributed by atoms with Crippen molar-refractivity contribution in [3.05, 3.63) is 0 Å². The highest BCUT2D eigenvalue weighted by molar-refractivity contribution is 7.92. The second-order valence-electron chi connectivity index (χ2n) is 4.13. The first-order valence-corrected chi connectivity index (χ1v) is 7.62. The summed E-state index contributed by atoms with van der Waals surface area (Å²) in [6.45, 7) is 3.80. The zero-order chi connectivity index (χ0) is 13.3. The van der Waals surface area contributed by atoms with Gasteiger partial charge in [0.25, 0.3) is 0 Å². The quantitative estimate of drug-likeness (QED) is 0.668. The Bertz CT molecular complexity index is 358. The highest BCUT2D eigenvalue weighted by Gasteiger charge is 2.32. The highest BCUT2D eigenvalue weighted by atomic mass is 32.2. The van der Waals surface area contributed by atoms with Crippen LogP contribution in [-0.4, -0.2) is 18.9 Å². The van der Waals surface area contributed by atoms with Crippen molar-refractivity contribution in [1.82, 2.24) is 0 Å². The number of rotatable bonds is 8. The van der Waals surface area contributed by atoms with Crippen molar-refractivity contribution >= 4 is 9.84 Å². The van der Waals surface area contributed by atoms with E-state index in [0.29, 0.717) is 12.8 Å². The first-order valence-electron chi connectivity index (χ1n) is 6.01. The van der Waals surface area contributed by atoms with E-state index in [9.17, 15) is 8.42 Å². The largest absolute Gasteiger partial charge is 0.228 e. The molecular weight excluding hydrogens is 236 g/mol. The zero-order valence-electron chi connectivity index (χ0n) is 10.5. The predicted octanol–water partition coefficient (Wildman–Crippen LogP) is 2.57. The summed E-state index contributed by atoms with van der Waals surface area (Å²) >= 11 is 0. The van der Waals surface area contributed by atoms with E-state index >= 15 is 0 Å². The number of sulfone groups is 1. The van der Waals surface area contributed by atoms with Gasteiger partial charge in [0.2, 0.25) is 0 Å². The Morgan fingerprint density at radius 3 is 1.53 bits per heavy atom. The second-order valence-corrected chi connectivity index (χ2v) is 6.65. The lowest BCUT2D eigenvalue weighted by Gasteiger charge is -2.20. The average Bonchev–Trinajstić information content (AvgIpc) is 2.28. The molecule has 96 valence electrons. The van der Waals surface area contributed by atoms with Crippen molar-refractivity contribution in [2.45, 2.75) is 62.9 Å². The Balaban J connectivity index is 5.02. The van der Waals surface area contributed by atoms with Gasteiger partial charge in [-0.3, -0.25) is 0 Å². The summed E-state index contributed by atoms with van der Waals surface area (Å²) in [6.07, 6.45) is 2.53. The van der Waals surface area contributed by atoms with Gasteiger partial charge in [-0.2, -0.15) is 10.5 Å². The molecule has 0 fully saturated rings. The van der Waals surface area contributed by atoms with Crippen LogP contribution in [0.15, 0.2) is 0 Å². The molecule has 0 spiro atoms. The van der Waals surface area contributed by atoms with Crippen LogP contribution in [0.1, 0.15) is 52.4 Å². The van der Waals surface area contributed by atoms with Crippen molar-refractivity contribution in [3.8, 4) is 12.1 Å². The number of nitriles is 2. The molecule has 4 nitrogen and oxygen atoms in total. The molecule has 0 amide bonds. The van der Waals surface area contributed by atoms with E-state index in [0.717, 1.165) is 12.8 Å². The van der Waals surface area contributed by atoms with E-state index in [4.69, 9.17) is 10.5 Å². The van der Waals surface area contributed by atoms with Gasteiger partial charge < -0.3 is 0 Å². The maximum Gasteiger partial charge on any atom is 0.158 e. The summed E-state index contributed by atoms with van der Waals surface area (Å²) in [5, 5.41) is 16.2. The van der Waals surface area contributed by atoms with Gasteiger partial charge in [-0.25, -0.2) is 8.42 Å². The molecule has 0 bridgehead atoms. The Labute approximate surface area is 104 Å². The van der Waals surface area contributed by atoms with Crippen molar-refractivity contribution in [1.29, 1.82) is 10.5 Å². The molecule has 0 radical (unpaired) electrons. The lowest BCUT2D eigenvalue weighted by Crippen LogP contribution is -2.32. The van der Waals surface area contributed by atoms with Gasteiger partial charge in [0.05, 0.1) is 35.5 Å².